The maximum atomic E-state index is 12.4. The standard InChI is InChI=1S/C18H23N3O5/c1-3-11-26-17(14(12-22)25-2)21-10-9-15(20-18(21)24)19-16(23)13-7-5-4-6-8-13/h4-10,14,17,22H,3,11-12H2,1-2H3,(H,19,20,23,24)/t14-,17-/m1/s1. The molecule has 1 aromatic heterocycles. The maximum absolute atomic E-state index is 12.4. The quantitative estimate of drug-likeness (QED) is 0.700. The van der Waals surface area contributed by atoms with Crippen LogP contribution in [0.4, 0.5) is 5.82 Å². The molecule has 2 rings (SSSR count). The smallest absolute Gasteiger partial charge is 0.351 e. The Kier molecular flexibility index (Phi) is 7.46. The van der Waals surface area contributed by atoms with Crippen molar-refractivity contribution >= 4 is 11.7 Å². The Bertz CT molecular complexity index is 759. The van der Waals surface area contributed by atoms with Gasteiger partial charge in [0.25, 0.3) is 5.91 Å². The first-order valence-corrected chi connectivity index (χ1v) is 8.31. The molecule has 26 heavy (non-hydrogen) atoms. The van der Waals surface area contributed by atoms with Gasteiger partial charge in [0.1, 0.15) is 11.9 Å². The molecule has 0 saturated heterocycles. The molecule has 0 aliphatic rings. The van der Waals surface area contributed by atoms with Crippen LogP contribution in [0.5, 0.6) is 0 Å². The number of aliphatic hydroxyl groups is 1. The van der Waals surface area contributed by atoms with E-state index in [1.807, 2.05) is 6.92 Å². The number of carbonyl (C=O) groups is 1. The van der Waals surface area contributed by atoms with Gasteiger partial charge in [-0.3, -0.25) is 9.36 Å². The fourth-order valence-corrected chi connectivity index (χ4v) is 2.34. The van der Waals surface area contributed by atoms with Crippen LogP contribution in [0.3, 0.4) is 0 Å². The Morgan fingerprint density at radius 1 is 1.31 bits per heavy atom. The van der Waals surface area contributed by atoms with Crippen molar-refractivity contribution in [1.82, 2.24) is 9.55 Å². The van der Waals surface area contributed by atoms with E-state index in [4.69, 9.17) is 9.47 Å². The van der Waals surface area contributed by atoms with Gasteiger partial charge in [0, 0.05) is 25.5 Å². The van der Waals surface area contributed by atoms with Crippen molar-refractivity contribution in [2.75, 3.05) is 25.6 Å². The number of ether oxygens (including phenoxy) is 2. The van der Waals surface area contributed by atoms with Crippen LogP contribution >= 0.6 is 0 Å². The average Bonchev–Trinajstić information content (AvgIpc) is 2.66. The van der Waals surface area contributed by atoms with Gasteiger partial charge in [0.2, 0.25) is 0 Å². The predicted octanol–water partition coefficient (Wildman–Crippen LogP) is 1.43. The van der Waals surface area contributed by atoms with Crippen LogP contribution in [0.15, 0.2) is 47.4 Å². The van der Waals surface area contributed by atoms with Crippen molar-refractivity contribution in [3.63, 3.8) is 0 Å². The Morgan fingerprint density at radius 3 is 2.62 bits per heavy atom. The van der Waals surface area contributed by atoms with Gasteiger partial charge in [0.15, 0.2) is 6.23 Å². The fraction of sp³-hybridized carbons (Fsp3) is 0.389. The Balaban J connectivity index is 2.21. The molecule has 1 heterocycles. The first-order valence-electron chi connectivity index (χ1n) is 8.31. The predicted molar refractivity (Wildman–Crippen MR) is 96.1 cm³/mol. The number of amides is 1. The highest BCUT2D eigenvalue weighted by Crippen LogP contribution is 2.15. The Hall–Kier alpha value is -2.55. The van der Waals surface area contributed by atoms with Crippen molar-refractivity contribution < 1.29 is 19.4 Å². The molecular formula is C18H23N3O5. The van der Waals surface area contributed by atoms with Crippen molar-refractivity contribution in [3.8, 4) is 0 Å². The molecule has 2 aromatic rings. The number of nitrogens with zero attached hydrogens (tertiary/aromatic N) is 2. The summed E-state index contributed by atoms with van der Waals surface area (Å²) in [5, 5.41) is 12.0. The zero-order chi connectivity index (χ0) is 18.9. The molecule has 1 aromatic carbocycles. The third-order valence-corrected chi connectivity index (χ3v) is 3.68. The number of hydrogen-bond donors (Lipinski definition) is 2. The number of aliphatic hydroxyl groups excluding tert-OH is 1. The lowest BCUT2D eigenvalue weighted by molar-refractivity contribution is -0.115. The van der Waals surface area contributed by atoms with Gasteiger partial charge < -0.3 is 19.9 Å². The molecule has 0 unspecified atom stereocenters. The second-order valence-corrected chi connectivity index (χ2v) is 5.54. The SMILES string of the molecule is CCCO[C@H]([C@@H](CO)OC)n1ccc(NC(=O)c2ccccc2)nc1=O. The maximum Gasteiger partial charge on any atom is 0.351 e. The highest BCUT2D eigenvalue weighted by Gasteiger charge is 2.24. The third kappa shape index (κ3) is 4.98. The minimum absolute atomic E-state index is 0.132. The second kappa shape index (κ2) is 9.81. The zero-order valence-electron chi connectivity index (χ0n) is 14.8. The van der Waals surface area contributed by atoms with E-state index in [0.717, 1.165) is 6.42 Å². The molecule has 0 aliphatic carbocycles. The Morgan fingerprint density at radius 2 is 2.04 bits per heavy atom. The van der Waals surface area contributed by atoms with Crippen LogP contribution in [-0.4, -0.2) is 47.0 Å². The number of carbonyl (C=O) groups excluding carboxylic acids is 1. The van der Waals surface area contributed by atoms with E-state index in [1.54, 1.807) is 30.3 Å². The summed E-state index contributed by atoms with van der Waals surface area (Å²) in [5.41, 5.74) is -0.158. The van der Waals surface area contributed by atoms with E-state index in [0.29, 0.717) is 12.2 Å². The molecule has 0 bridgehead atoms. The summed E-state index contributed by atoms with van der Waals surface area (Å²) in [6, 6.07) is 10.1. The van der Waals surface area contributed by atoms with Crippen molar-refractivity contribution in [3.05, 3.63) is 58.6 Å². The lowest BCUT2D eigenvalue weighted by atomic mass is 10.2. The Labute approximate surface area is 151 Å². The summed E-state index contributed by atoms with van der Waals surface area (Å²) in [6.07, 6.45) is 0.665. The summed E-state index contributed by atoms with van der Waals surface area (Å²) >= 11 is 0. The number of benzene rings is 1. The van der Waals surface area contributed by atoms with Crippen molar-refractivity contribution in [1.29, 1.82) is 0 Å². The molecule has 0 radical (unpaired) electrons. The summed E-state index contributed by atoms with van der Waals surface area (Å²) in [7, 11) is 1.43. The van der Waals surface area contributed by atoms with Gasteiger partial charge in [-0.15, -0.1) is 0 Å². The monoisotopic (exact) mass is 361 g/mol. The zero-order valence-corrected chi connectivity index (χ0v) is 14.8. The fourth-order valence-electron chi connectivity index (χ4n) is 2.34. The van der Waals surface area contributed by atoms with E-state index in [9.17, 15) is 14.7 Å². The molecule has 2 atom stereocenters. The summed E-state index contributed by atoms with van der Waals surface area (Å²) in [5.74, 6) is -0.230. The molecular weight excluding hydrogens is 338 g/mol. The van der Waals surface area contributed by atoms with Gasteiger partial charge in [-0.1, -0.05) is 25.1 Å². The number of anilines is 1. The average molecular weight is 361 g/mol. The van der Waals surface area contributed by atoms with Crippen molar-refractivity contribution in [2.24, 2.45) is 0 Å². The summed E-state index contributed by atoms with van der Waals surface area (Å²) in [6.45, 7) is 2.01. The number of methoxy groups -OCH3 is 1. The molecule has 0 fully saturated rings. The van der Waals surface area contributed by atoms with Gasteiger partial charge in [-0.2, -0.15) is 4.98 Å². The van der Waals surface area contributed by atoms with E-state index in [-0.39, 0.29) is 18.3 Å². The van der Waals surface area contributed by atoms with Crippen LogP contribution in [0.25, 0.3) is 0 Å². The molecule has 8 heteroatoms. The van der Waals surface area contributed by atoms with Crippen LogP contribution in [-0.2, 0) is 9.47 Å². The van der Waals surface area contributed by atoms with Gasteiger partial charge in [-0.25, -0.2) is 4.79 Å². The first-order chi connectivity index (χ1) is 12.6. The molecule has 0 aliphatic heterocycles. The van der Waals surface area contributed by atoms with Crippen molar-refractivity contribution in [2.45, 2.75) is 25.7 Å². The van der Waals surface area contributed by atoms with Gasteiger partial charge in [-0.05, 0) is 24.6 Å². The topological polar surface area (TPSA) is 103 Å². The molecule has 140 valence electrons. The molecule has 0 spiro atoms. The molecule has 2 N–H and O–H groups in total. The van der Waals surface area contributed by atoms with Gasteiger partial charge in [0.05, 0.1) is 6.61 Å². The lowest BCUT2D eigenvalue weighted by Crippen LogP contribution is -2.38. The van der Waals surface area contributed by atoms with Gasteiger partial charge >= 0.3 is 5.69 Å². The molecule has 1 amide bonds. The molecule has 8 nitrogen and oxygen atoms in total. The van der Waals surface area contributed by atoms with Crippen LogP contribution in [0.2, 0.25) is 0 Å². The third-order valence-electron chi connectivity index (χ3n) is 3.68. The lowest BCUT2D eigenvalue weighted by Gasteiger charge is -2.26. The van der Waals surface area contributed by atoms with Crippen LogP contribution in [0.1, 0.15) is 29.9 Å². The number of aromatic nitrogens is 2. The van der Waals surface area contributed by atoms with E-state index < -0.39 is 18.0 Å². The van der Waals surface area contributed by atoms with E-state index >= 15 is 0 Å². The summed E-state index contributed by atoms with van der Waals surface area (Å²) < 4.78 is 12.1. The number of hydrogen-bond acceptors (Lipinski definition) is 6. The largest absolute Gasteiger partial charge is 0.393 e. The first kappa shape index (κ1) is 19.8. The highest BCUT2D eigenvalue weighted by molar-refractivity contribution is 6.03. The number of nitrogens with one attached hydrogen (secondary N) is 1. The van der Waals surface area contributed by atoms with E-state index in [2.05, 4.69) is 10.3 Å². The normalized spacial score (nSPS) is 13.2. The summed E-state index contributed by atoms with van der Waals surface area (Å²) in [4.78, 5) is 28.4. The van der Waals surface area contributed by atoms with Crippen LogP contribution < -0.4 is 11.0 Å². The van der Waals surface area contributed by atoms with E-state index in [1.165, 1.54) is 23.9 Å². The number of rotatable bonds is 9. The molecule has 0 saturated carbocycles. The minimum Gasteiger partial charge on any atom is -0.393 e. The minimum atomic E-state index is -0.816. The second-order valence-electron chi connectivity index (χ2n) is 5.54. The van der Waals surface area contributed by atoms with Crippen LogP contribution in [0, 0.1) is 0 Å². The highest BCUT2D eigenvalue weighted by atomic mass is 16.6.